The van der Waals surface area contributed by atoms with Crippen LogP contribution in [0.2, 0.25) is 0 Å². The van der Waals surface area contributed by atoms with Crippen LogP contribution in [-0.4, -0.2) is 112 Å². The zero-order valence-electron chi connectivity index (χ0n) is 82.0. The standard InChI is InChI=1S/2C18H32O3.3C17H30O3.C13H24O3.12CH4/c1-8-16(3,4)15(19)21-12(2)20-14-17(5,6)13-9-10-18(14,7)11-13;1-8-16(3,4)15(19)21-12(2)20-14-11-13-9-10-18(14,7)17(13,5)6;1-7-15(2,3)14(18)20-11-19-13-10-12-8-9-17(13,6)16(12,4)5;2*1-7-11(2)15(18)20-12(3)19-14-10-13-8-9-17(14,6)16(13,4)5;1-4-13(2,3)12(14)16-10-15-9-11-7-5-6-8-11;;;;;;;;;;;;/h2*12-14H,8-11H2,1-7H3;12-13H,7-11H2,1-6H3;2*11-14H,7-10H2,1-6H3;11H,4-10H2,1-3H3;12*1H4. The van der Waals surface area contributed by atoms with Crippen LogP contribution in [0.15, 0.2) is 0 Å². The van der Waals surface area contributed by atoms with E-state index in [1.54, 1.807) is 0 Å². The highest BCUT2D eigenvalue weighted by atomic mass is 16.7. The molecule has 0 N–H and O–H groups in total. The van der Waals surface area contributed by atoms with E-state index in [1.807, 2.05) is 138 Å². The smallest absolute Gasteiger partial charge is 0.313 e. The lowest BCUT2D eigenvalue weighted by Crippen LogP contribution is -2.45. The maximum atomic E-state index is 12.2. The molecular formula is C112H226O18. The van der Waals surface area contributed by atoms with Crippen molar-refractivity contribution in [3.8, 4) is 0 Å². The molecule has 0 aromatic rings. The molecule has 21 unspecified atom stereocenters. The van der Waals surface area contributed by atoms with Crippen LogP contribution in [0.5, 0.6) is 0 Å². The van der Waals surface area contributed by atoms with Crippen LogP contribution in [-0.2, 0) is 85.6 Å². The molecule has 21 atom stereocenters. The second-order valence-corrected chi connectivity index (χ2v) is 45.5. The lowest BCUT2D eigenvalue weighted by atomic mass is 9.70. The molecule has 0 saturated heterocycles. The van der Waals surface area contributed by atoms with Gasteiger partial charge in [-0.1, -0.05) is 261 Å². The van der Waals surface area contributed by atoms with Crippen LogP contribution < -0.4 is 0 Å². The average molecular weight is 1860 g/mol. The first-order chi connectivity index (χ1) is 54.2. The summed E-state index contributed by atoms with van der Waals surface area (Å²) in [5, 5.41) is 0. The lowest BCUT2D eigenvalue weighted by Gasteiger charge is -2.43. The van der Waals surface area contributed by atoms with E-state index in [4.69, 9.17) is 56.8 Å². The summed E-state index contributed by atoms with van der Waals surface area (Å²) in [5.41, 5.74) is 0.930. The van der Waals surface area contributed by atoms with Crippen LogP contribution in [0.25, 0.3) is 0 Å². The van der Waals surface area contributed by atoms with Gasteiger partial charge in [0.2, 0.25) is 0 Å². The van der Waals surface area contributed by atoms with Gasteiger partial charge < -0.3 is 56.8 Å². The molecule has 0 spiro atoms. The van der Waals surface area contributed by atoms with E-state index in [2.05, 4.69) is 104 Å². The van der Waals surface area contributed by atoms with Gasteiger partial charge in [0.05, 0.1) is 70.6 Å². The van der Waals surface area contributed by atoms with Crippen LogP contribution in [0.3, 0.4) is 0 Å². The minimum atomic E-state index is -0.469. The van der Waals surface area contributed by atoms with Crippen molar-refractivity contribution in [2.45, 2.75) is 548 Å². The Labute approximate surface area is 808 Å². The molecule has 0 aliphatic heterocycles. The van der Waals surface area contributed by atoms with Gasteiger partial charge in [-0.3, -0.25) is 28.8 Å². The van der Waals surface area contributed by atoms with Gasteiger partial charge in [-0.25, -0.2) is 0 Å². The Balaban J connectivity index is -0.000000275. The van der Waals surface area contributed by atoms with Crippen molar-refractivity contribution in [3.63, 3.8) is 0 Å². The van der Waals surface area contributed by atoms with Gasteiger partial charge in [0.1, 0.15) is 0 Å². The number of fused-ring (bicyclic) bond motifs is 10. The van der Waals surface area contributed by atoms with E-state index in [0.29, 0.717) is 27.6 Å². The Bertz CT molecular complexity index is 3190. The fourth-order valence-electron chi connectivity index (χ4n) is 22.1. The van der Waals surface area contributed by atoms with Gasteiger partial charge in [-0.05, 0) is 320 Å². The molecular weight excluding hydrogens is 1630 g/mol. The predicted octanol–water partition coefficient (Wildman–Crippen LogP) is 32.3. The summed E-state index contributed by atoms with van der Waals surface area (Å²) >= 11 is 0. The number of carbonyl (C=O) groups excluding carboxylic acids is 6. The molecule has 11 rings (SSSR count). The normalized spacial score (nSPS) is 30.8. The first-order valence-electron chi connectivity index (χ1n) is 47.2. The van der Waals surface area contributed by atoms with E-state index >= 15 is 0 Å². The van der Waals surface area contributed by atoms with Gasteiger partial charge in [0.15, 0.2) is 38.7 Å². The lowest BCUT2D eigenvalue weighted by molar-refractivity contribution is -0.219. The quantitative estimate of drug-likeness (QED) is 0.0273. The Morgan fingerprint density at radius 2 is 0.600 bits per heavy atom. The van der Waals surface area contributed by atoms with E-state index in [9.17, 15) is 28.8 Å². The van der Waals surface area contributed by atoms with Crippen molar-refractivity contribution in [1.82, 2.24) is 0 Å². The van der Waals surface area contributed by atoms with Crippen LogP contribution in [0.4, 0.5) is 0 Å². The summed E-state index contributed by atoms with van der Waals surface area (Å²) in [4.78, 5) is 71.5. The Morgan fingerprint density at radius 1 is 0.331 bits per heavy atom. The maximum Gasteiger partial charge on any atom is 0.313 e. The summed E-state index contributed by atoms with van der Waals surface area (Å²) in [6.45, 7) is 74.7. The molecule has 0 aromatic carbocycles. The number of carbonyl (C=O) groups is 6. The number of hydrogen-bond donors (Lipinski definition) is 0. The zero-order valence-corrected chi connectivity index (χ0v) is 82.0. The molecule has 0 heterocycles. The van der Waals surface area contributed by atoms with E-state index < -0.39 is 46.8 Å². The highest BCUT2D eigenvalue weighted by Crippen LogP contribution is 2.70. The summed E-state index contributed by atoms with van der Waals surface area (Å²) in [7, 11) is 0. The van der Waals surface area contributed by atoms with Gasteiger partial charge >= 0.3 is 35.8 Å². The topological polar surface area (TPSA) is 213 Å². The highest BCUT2D eigenvalue weighted by molar-refractivity contribution is 5.77. The van der Waals surface area contributed by atoms with Gasteiger partial charge in [-0.2, -0.15) is 0 Å². The summed E-state index contributed by atoms with van der Waals surface area (Å²) in [6, 6.07) is 0. The van der Waals surface area contributed by atoms with Crippen molar-refractivity contribution in [1.29, 1.82) is 0 Å². The third-order valence-electron chi connectivity index (χ3n) is 35.8. The van der Waals surface area contributed by atoms with Crippen molar-refractivity contribution in [2.24, 2.45) is 123 Å². The highest BCUT2D eigenvalue weighted by Gasteiger charge is 2.67. The fraction of sp³-hybridized carbons (Fsp3) is 0.946. The van der Waals surface area contributed by atoms with E-state index in [1.165, 1.54) is 96.3 Å². The van der Waals surface area contributed by atoms with Crippen molar-refractivity contribution in [3.05, 3.63) is 0 Å². The number of ether oxygens (including phenoxy) is 12. The summed E-state index contributed by atoms with van der Waals surface area (Å²) in [5.74, 6) is 3.36. The molecule has 18 nitrogen and oxygen atoms in total. The Kier molecular flexibility index (Phi) is 58.2. The monoisotopic (exact) mass is 1860 g/mol. The van der Waals surface area contributed by atoms with Crippen molar-refractivity contribution < 1.29 is 85.6 Å². The third kappa shape index (κ3) is 30.5. The summed E-state index contributed by atoms with van der Waals surface area (Å²) < 4.78 is 68.3. The number of rotatable bonds is 31. The zero-order chi connectivity index (χ0) is 89.6. The van der Waals surface area contributed by atoms with Gasteiger partial charge in [0.25, 0.3) is 0 Å². The minimum Gasteiger partial charge on any atom is -0.438 e. The van der Waals surface area contributed by atoms with Crippen LogP contribution in [0, 0.1) is 123 Å². The maximum absolute atomic E-state index is 12.2. The van der Waals surface area contributed by atoms with Crippen LogP contribution in [0.1, 0.15) is 492 Å². The molecule has 11 aliphatic rings. The minimum absolute atomic E-state index is 0. The first-order valence-corrected chi connectivity index (χ1v) is 47.2. The SMILES string of the molecule is C.C.C.C.C.C.C.C.C.C.C.C.CCC(C)(C)C(=O)OC(C)OC1C2(C)CCC(C2)C1(C)C.CCC(C)(C)C(=O)OC(C)OC1CC2CCC1(C)C2(C)C.CCC(C)(C)C(=O)OCOC1CC2CCC1(C)C2(C)C.CCC(C)(C)C(=O)OCOCC1CCCC1.CCC(C)C(=O)OC(C)OC1CC2CCC1(C)C2(C)C.CCC(C)C(=O)OC(C)OC1CC2CCC1(C)C2(C)C. The molecule has 782 valence electrons. The number of hydrogen-bond acceptors (Lipinski definition) is 18. The first kappa shape index (κ1) is 140. The second kappa shape index (κ2) is 54.2. The van der Waals surface area contributed by atoms with E-state index in [0.717, 1.165) is 100 Å². The Hall–Kier alpha value is -3.42. The molecule has 11 saturated carbocycles. The molecule has 18 heteroatoms. The van der Waals surface area contributed by atoms with Crippen LogP contribution >= 0.6 is 0 Å². The molecule has 130 heavy (non-hydrogen) atoms. The fourth-order valence-corrected chi connectivity index (χ4v) is 22.1. The van der Waals surface area contributed by atoms with Gasteiger partial charge in [-0.15, -0.1) is 0 Å². The molecule has 0 aromatic heterocycles. The van der Waals surface area contributed by atoms with E-state index in [-0.39, 0.29) is 213 Å². The Morgan fingerprint density at radius 3 is 0.862 bits per heavy atom. The largest absolute Gasteiger partial charge is 0.438 e. The molecule has 0 radical (unpaired) electrons. The average Bonchev–Trinajstić information content (AvgIpc) is 1.58. The summed E-state index contributed by atoms with van der Waals surface area (Å²) in [6.07, 6.45) is 27.5. The molecule has 0 amide bonds. The molecule has 10 bridgehead atoms. The van der Waals surface area contributed by atoms with Crippen molar-refractivity contribution >= 4 is 35.8 Å². The number of esters is 6. The molecule has 11 aliphatic carbocycles. The van der Waals surface area contributed by atoms with Crippen molar-refractivity contribution in [2.75, 3.05) is 20.2 Å². The third-order valence-corrected chi connectivity index (χ3v) is 35.8. The second-order valence-electron chi connectivity index (χ2n) is 45.5. The van der Waals surface area contributed by atoms with Gasteiger partial charge in [0, 0.05) is 0 Å². The molecule has 11 fully saturated rings. The predicted molar refractivity (Wildman–Crippen MR) is 549 cm³/mol.